The van der Waals surface area contributed by atoms with Gasteiger partial charge in [0.2, 0.25) is 0 Å². The monoisotopic (exact) mass is 421 g/mol. The number of hydrogen-bond acceptors (Lipinski definition) is 4. The molecule has 1 saturated heterocycles. The molecular formula is C26H31NO4. The Morgan fingerprint density at radius 2 is 2.00 bits per heavy atom. The number of fused-ring (bicyclic) bond motifs is 3. The van der Waals surface area contributed by atoms with Gasteiger partial charge in [-0.25, -0.2) is 0 Å². The van der Waals surface area contributed by atoms with Crippen LogP contribution in [0.4, 0.5) is 0 Å². The maximum absolute atomic E-state index is 13.0. The summed E-state index contributed by atoms with van der Waals surface area (Å²) in [7, 11) is 0. The van der Waals surface area contributed by atoms with Crippen LogP contribution in [0.3, 0.4) is 0 Å². The standard InChI is InChI=1S/C26H31NO4/c28-24-14-23(31-16-21-15-29-11-12-30-21)25(19-6-7-19)26-22-8-5-18(4-3-17-1-2-17)13-20(22)9-10-27(24)26/h5,8,13-14,17,19,21H,1-4,6-7,9-12,15-16H2/t21-/m0/s1. The lowest BCUT2D eigenvalue weighted by Crippen LogP contribution is -2.34. The highest BCUT2D eigenvalue weighted by molar-refractivity contribution is 5.73. The molecule has 3 heterocycles. The Labute approximate surface area is 183 Å². The number of hydrogen-bond donors (Lipinski definition) is 0. The first-order valence-corrected chi connectivity index (χ1v) is 12.0. The number of benzene rings is 1. The van der Waals surface area contributed by atoms with Crippen molar-refractivity contribution in [2.45, 2.75) is 63.5 Å². The van der Waals surface area contributed by atoms with Gasteiger partial charge >= 0.3 is 0 Å². The third-order valence-electron chi connectivity index (χ3n) is 7.17. The molecule has 2 aliphatic carbocycles. The molecule has 0 unspecified atom stereocenters. The molecule has 1 aromatic carbocycles. The first-order valence-electron chi connectivity index (χ1n) is 12.0. The third kappa shape index (κ3) is 4.06. The number of pyridine rings is 1. The minimum absolute atomic E-state index is 0.0404. The molecule has 5 nitrogen and oxygen atoms in total. The Kier molecular flexibility index (Phi) is 5.11. The average molecular weight is 422 g/mol. The van der Waals surface area contributed by atoms with Crippen LogP contribution in [0.25, 0.3) is 11.3 Å². The van der Waals surface area contributed by atoms with E-state index in [1.54, 1.807) is 6.07 Å². The average Bonchev–Trinajstić information content (AvgIpc) is 3.71. The molecule has 2 saturated carbocycles. The van der Waals surface area contributed by atoms with Crippen molar-refractivity contribution in [2.24, 2.45) is 5.92 Å². The van der Waals surface area contributed by atoms with Crippen LogP contribution in [0.2, 0.25) is 0 Å². The number of aromatic nitrogens is 1. The lowest BCUT2D eigenvalue weighted by molar-refractivity contribution is -0.101. The maximum Gasteiger partial charge on any atom is 0.254 e. The van der Waals surface area contributed by atoms with E-state index in [9.17, 15) is 4.79 Å². The predicted molar refractivity (Wildman–Crippen MR) is 119 cm³/mol. The molecule has 4 aliphatic rings. The van der Waals surface area contributed by atoms with E-state index >= 15 is 0 Å². The third-order valence-corrected chi connectivity index (χ3v) is 7.17. The van der Waals surface area contributed by atoms with E-state index in [2.05, 4.69) is 18.2 Å². The fourth-order valence-electron chi connectivity index (χ4n) is 5.10. The van der Waals surface area contributed by atoms with E-state index < -0.39 is 0 Å². The van der Waals surface area contributed by atoms with Gasteiger partial charge in [0.05, 0.1) is 25.5 Å². The van der Waals surface area contributed by atoms with Crippen LogP contribution in [-0.4, -0.2) is 37.1 Å². The summed E-state index contributed by atoms with van der Waals surface area (Å²) >= 11 is 0. The molecule has 1 aromatic heterocycles. The Morgan fingerprint density at radius 3 is 2.77 bits per heavy atom. The fourth-order valence-corrected chi connectivity index (χ4v) is 5.10. The van der Waals surface area contributed by atoms with E-state index in [0.717, 1.165) is 30.3 Å². The molecule has 31 heavy (non-hydrogen) atoms. The summed E-state index contributed by atoms with van der Waals surface area (Å²) in [4.78, 5) is 13.0. The van der Waals surface area contributed by atoms with Gasteiger partial charge in [0.25, 0.3) is 5.56 Å². The van der Waals surface area contributed by atoms with E-state index in [1.165, 1.54) is 60.8 Å². The molecule has 164 valence electrons. The van der Waals surface area contributed by atoms with Crippen molar-refractivity contribution in [1.29, 1.82) is 0 Å². The minimum atomic E-state index is -0.0686. The second-order valence-electron chi connectivity index (χ2n) is 9.64. The zero-order valence-corrected chi connectivity index (χ0v) is 18.1. The molecule has 3 fully saturated rings. The molecule has 2 aromatic rings. The normalized spacial score (nSPS) is 22.6. The number of ether oxygens (including phenoxy) is 3. The van der Waals surface area contributed by atoms with Crippen LogP contribution < -0.4 is 10.3 Å². The SMILES string of the molecule is O=c1cc(OC[C@@H]2COCCO2)c(C2CC2)c2n1CCc1cc(CCC3CC3)ccc1-2. The largest absolute Gasteiger partial charge is 0.490 e. The van der Waals surface area contributed by atoms with Crippen molar-refractivity contribution < 1.29 is 14.2 Å². The first kappa shape index (κ1) is 19.6. The lowest BCUT2D eigenvalue weighted by Gasteiger charge is -2.28. The number of rotatable bonds is 7. The fraction of sp³-hybridized carbons (Fsp3) is 0.577. The van der Waals surface area contributed by atoms with Gasteiger partial charge in [-0.15, -0.1) is 0 Å². The molecule has 0 radical (unpaired) electrons. The zero-order chi connectivity index (χ0) is 20.8. The van der Waals surface area contributed by atoms with Gasteiger partial charge in [0.15, 0.2) is 0 Å². The minimum Gasteiger partial charge on any atom is -0.490 e. The van der Waals surface area contributed by atoms with E-state index in [0.29, 0.717) is 32.3 Å². The van der Waals surface area contributed by atoms with Crippen LogP contribution in [0, 0.1) is 5.92 Å². The second-order valence-corrected chi connectivity index (χ2v) is 9.64. The molecular weight excluding hydrogens is 390 g/mol. The van der Waals surface area contributed by atoms with Gasteiger partial charge in [-0.05, 0) is 55.1 Å². The zero-order valence-electron chi connectivity index (χ0n) is 18.1. The van der Waals surface area contributed by atoms with Crippen LogP contribution in [0.5, 0.6) is 5.75 Å². The van der Waals surface area contributed by atoms with Crippen LogP contribution in [-0.2, 0) is 28.9 Å². The van der Waals surface area contributed by atoms with Crippen molar-refractivity contribution in [2.75, 3.05) is 26.4 Å². The van der Waals surface area contributed by atoms with Crippen LogP contribution in [0.1, 0.15) is 54.7 Å². The van der Waals surface area contributed by atoms with Crippen LogP contribution >= 0.6 is 0 Å². The highest BCUT2D eigenvalue weighted by Gasteiger charge is 2.34. The smallest absolute Gasteiger partial charge is 0.254 e. The predicted octanol–water partition coefficient (Wildman–Crippen LogP) is 4.09. The summed E-state index contributed by atoms with van der Waals surface area (Å²) in [5.41, 5.74) is 6.41. The van der Waals surface area contributed by atoms with Crippen molar-refractivity contribution >= 4 is 0 Å². The van der Waals surface area contributed by atoms with E-state index in [-0.39, 0.29) is 11.7 Å². The van der Waals surface area contributed by atoms with Gasteiger partial charge in [-0.2, -0.15) is 0 Å². The molecule has 6 rings (SSSR count). The summed E-state index contributed by atoms with van der Waals surface area (Å²) in [6.45, 7) is 2.98. The van der Waals surface area contributed by atoms with Crippen molar-refractivity contribution in [3.63, 3.8) is 0 Å². The maximum atomic E-state index is 13.0. The van der Waals surface area contributed by atoms with Crippen molar-refractivity contribution in [1.82, 2.24) is 4.57 Å². The molecule has 1 atom stereocenters. The highest BCUT2D eigenvalue weighted by atomic mass is 16.6. The molecule has 0 spiro atoms. The molecule has 2 aliphatic heterocycles. The first-order chi connectivity index (χ1) is 15.3. The number of aryl methyl sites for hydroxylation is 2. The van der Waals surface area contributed by atoms with Gasteiger partial charge in [-0.3, -0.25) is 4.79 Å². The molecule has 0 amide bonds. The molecule has 5 heteroatoms. The Balaban J connectivity index is 1.34. The summed E-state index contributed by atoms with van der Waals surface area (Å²) in [5.74, 6) is 2.19. The number of nitrogens with zero attached hydrogens (tertiary/aromatic N) is 1. The molecule has 0 N–H and O–H groups in total. The summed E-state index contributed by atoms with van der Waals surface area (Å²) in [6.07, 6.45) is 8.50. The van der Waals surface area contributed by atoms with E-state index in [1.807, 2.05) is 4.57 Å². The summed E-state index contributed by atoms with van der Waals surface area (Å²) in [6, 6.07) is 8.63. The van der Waals surface area contributed by atoms with Crippen molar-refractivity contribution in [3.8, 4) is 17.0 Å². The Bertz CT molecular complexity index is 1030. The summed E-state index contributed by atoms with van der Waals surface area (Å²) < 4.78 is 19.4. The lowest BCUT2D eigenvalue weighted by atomic mass is 9.90. The topological polar surface area (TPSA) is 49.7 Å². The van der Waals surface area contributed by atoms with Gasteiger partial charge in [0.1, 0.15) is 18.5 Å². The van der Waals surface area contributed by atoms with Crippen LogP contribution in [0.15, 0.2) is 29.1 Å². The van der Waals surface area contributed by atoms with E-state index in [4.69, 9.17) is 14.2 Å². The Morgan fingerprint density at radius 1 is 1.10 bits per heavy atom. The van der Waals surface area contributed by atoms with Gasteiger partial charge < -0.3 is 18.8 Å². The van der Waals surface area contributed by atoms with Gasteiger partial charge in [-0.1, -0.05) is 31.0 Å². The van der Waals surface area contributed by atoms with Gasteiger partial charge in [0, 0.05) is 23.7 Å². The Hall–Kier alpha value is -2.11. The second kappa shape index (κ2) is 8.10. The summed E-state index contributed by atoms with van der Waals surface area (Å²) in [5, 5.41) is 0. The molecule has 0 bridgehead atoms. The highest BCUT2D eigenvalue weighted by Crippen LogP contribution is 2.49. The van der Waals surface area contributed by atoms with Crippen molar-refractivity contribution in [3.05, 3.63) is 51.3 Å². The quantitative estimate of drug-likeness (QED) is 0.676.